The van der Waals surface area contributed by atoms with Crippen LogP contribution in [0.15, 0.2) is 28.7 Å². The van der Waals surface area contributed by atoms with Gasteiger partial charge < -0.3 is 9.15 Å². The van der Waals surface area contributed by atoms with Crippen molar-refractivity contribution in [2.24, 2.45) is 5.84 Å². The van der Waals surface area contributed by atoms with Gasteiger partial charge in [-0.2, -0.15) is 0 Å². The van der Waals surface area contributed by atoms with Crippen molar-refractivity contribution >= 4 is 11.0 Å². The summed E-state index contributed by atoms with van der Waals surface area (Å²) in [6.45, 7) is 2.62. The molecule has 0 aliphatic heterocycles. The minimum absolute atomic E-state index is 0.226. The Kier molecular flexibility index (Phi) is 3.97. The second-order valence-corrected chi connectivity index (χ2v) is 5.64. The zero-order chi connectivity index (χ0) is 14.9. The van der Waals surface area contributed by atoms with Crippen LogP contribution >= 0.6 is 0 Å². The van der Waals surface area contributed by atoms with E-state index in [0.29, 0.717) is 18.0 Å². The van der Waals surface area contributed by atoms with E-state index in [-0.39, 0.29) is 17.5 Å². The van der Waals surface area contributed by atoms with Gasteiger partial charge in [0.1, 0.15) is 23.2 Å². The number of benzene rings is 1. The maximum Gasteiger partial charge on any atom is 0.134 e. The molecule has 1 aliphatic rings. The van der Waals surface area contributed by atoms with Crippen molar-refractivity contribution in [3.05, 3.63) is 35.8 Å². The van der Waals surface area contributed by atoms with Gasteiger partial charge in [-0.15, -0.1) is 0 Å². The Morgan fingerprint density at radius 2 is 2.14 bits per heavy atom. The predicted molar refractivity (Wildman–Crippen MR) is 79.1 cm³/mol. The molecule has 0 saturated heterocycles. The molecule has 1 saturated carbocycles. The lowest BCUT2D eigenvalue weighted by Crippen LogP contribution is -2.46. The molecule has 1 unspecified atom stereocenters. The number of rotatable bonds is 5. The van der Waals surface area contributed by atoms with Crippen LogP contribution in [0.3, 0.4) is 0 Å². The topological polar surface area (TPSA) is 60.4 Å². The van der Waals surface area contributed by atoms with Gasteiger partial charge in [0.15, 0.2) is 0 Å². The van der Waals surface area contributed by atoms with Crippen molar-refractivity contribution in [3.8, 4) is 0 Å². The maximum absolute atomic E-state index is 13.3. The zero-order valence-electron chi connectivity index (χ0n) is 12.2. The first kappa shape index (κ1) is 14.5. The van der Waals surface area contributed by atoms with Gasteiger partial charge in [0.05, 0.1) is 5.60 Å². The Balaban J connectivity index is 2.00. The van der Waals surface area contributed by atoms with E-state index < -0.39 is 0 Å². The molecule has 5 heteroatoms. The first-order valence-corrected chi connectivity index (χ1v) is 7.47. The highest BCUT2D eigenvalue weighted by Gasteiger charge is 2.44. The van der Waals surface area contributed by atoms with E-state index in [1.165, 1.54) is 12.1 Å². The molecule has 21 heavy (non-hydrogen) atoms. The summed E-state index contributed by atoms with van der Waals surface area (Å²) in [5.41, 5.74) is 3.17. The molecule has 1 aromatic heterocycles. The predicted octanol–water partition coefficient (Wildman–Crippen LogP) is 3.43. The van der Waals surface area contributed by atoms with Crippen LogP contribution in [0.5, 0.6) is 0 Å². The molecule has 0 spiro atoms. The number of hydrogen-bond donors (Lipinski definition) is 2. The van der Waals surface area contributed by atoms with Gasteiger partial charge in [-0.1, -0.05) is 12.8 Å². The number of furan rings is 1. The molecule has 3 rings (SSSR count). The highest BCUT2D eigenvalue weighted by Crippen LogP contribution is 2.43. The van der Waals surface area contributed by atoms with E-state index >= 15 is 0 Å². The van der Waals surface area contributed by atoms with E-state index in [0.717, 1.165) is 31.1 Å². The Hall–Kier alpha value is -1.43. The lowest BCUT2D eigenvalue weighted by atomic mass is 9.90. The Labute approximate surface area is 123 Å². The smallest absolute Gasteiger partial charge is 0.134 e. The minimum Gasteiger partial charge on any atom is -0.459 e. The molecule has 0 amide bonds. The molecule has 3 N–H and O–H groups in total. The summed E-state index contributed by atoms with van der Waals surface area (Å²) < 4.78 is 25.2. The van der Waals surface area contributed by atoms with Crippen LogP contribution in [0.4, 0.5) is 4.39 Å². The van der Waals surface area contributed by atoms with E-state index in [2.05, 4.69) is 5.43 Å². The van der Waals surface area contributed by atoms with E-state index in [1.54, 1.807) is 6.07 Å². The standard InChI is InChI=1S/C16H21FN2O2/c1-2-20-16(7-3-4-8-16)15(19-18)14-10-11-9-12(17)5-6-13(11)21-14/h5-6,9-10,15,19H,2-4,7-8,18H2,1H3. The van der Waals surface area contributed by atoms with E-state index in [4.69, 9.17) is 15.0 Å². The summed E-state index contributed by atoms with van der Waals surface area (Å²) in [5.74, 6) is 6.22. The summed E-state index contributed by atoms with van der Waals surface area (Å²) in [4.78, 5) is 0. The summed E-state index contributed by atoms with van der Waals surface area (Å²) >= 11 is 0. The fraction of sp³-hybridized carbons (Fsp3) is 0.500. The number of ether oxygens (including phenoxy) is 1. The van der Waals surface area contributed by atoms with Crippen molar-refractivity contribution in [2.75, 3.05) is 6.61 Å². The third kappa shape index (κ3) is 2.57. The van der Waals surface area contributed by atoms with Crippen LogP contribution in [0.2, 0.25) is 0 Å². The molecule has 1 fully saturated rings. The molecule has 2 aromatic rings. The first-order valence-electron chi connectivity index (χ1n) is 7.47. The average Bonchev–Trinajstić information content (AvgIpc) is 3.07. The molecule has 114 valence electrons. The monoisotopic (exact) mass is 292 g/mol. The van der Waals surface area contributed by atoms with Crippen LogP contribution in [0.1, 0.15) is 44.4 Å². The van der Waals surface area contributed by atoms with Gasteiger partial charge in [-0.05, 0) is 44.0 Å². The van der Waals surface area contributed by atoms with Gasteiger partial charge in [-0.3, -0.25) is 5.84 Å². The highest BCUT2D eigenvalue weighted by molar-refractivity contribution is 5.78. The number of halogens is 1. The van der Waals surface area contributed by atoms with Crippen molar-refractivity contribution in [2.45, 2.75) is 44.2 Å². The molecule has 0 bridgehead atoms. The third-order valence-corrected chi connectivity index (χ3v) is 4.36. The Bertz CT molecular complexity index is 620. The molecule has 1 aliphatic carbocycles. The number of hydrogen-bond acceptors (Lipinski definition) is 4. The van der Waals surface area contributed by atoms with Crippen LogP contribution in [-0.4, -0.2) is 12.2 Å². The minimum atomic E-state index is -0.337. The van der Waals surface area contributed by atoms with Gasteiger partial charge in [-0.25, -0.2) is 9.82 Å². The molecular weight excluding hydrogens is 271 g/mol. The Morgan fingerprint density at radius 1 is 1.38 bits per heavy atom. The highest BCUT2D eigenvalue weighted by atomic mass is 19.1. The van der Waals surface area contributed by atoms with Gasteiger partial charge in [0.2, 0.25) is 0 Å². The summed E-state index contributed by atoms with van der Waals surface area (Å²) in [6, 6.07) is 6.13. The molecule has 1 heterocycles. The number of nitrogens with one attached hydrogen (secondary N) is 1. The maximum atomic E-state index is 13.3. The van der Waals surface area contributed by atoms with Crippen LogP contribution in [0, 0.1) is 5.82 Å². The van der Waals surface area contributed by atoms with Gasteiger partial charge >= 0.3 is 0 Å². The lowest BCUT2D eigenvalue weighted by Gasteiger charge is -2.35. The van der Waals surface area contributed by atoms with E-state index in [9.17, 15) is 4.39 Å². The van der Waals surface area contributed by atoms with Crippen molar-refractivity contribution in [1.82, 2.24) is 5.43 Å². The first-order chi connectivity index (χ1) is 10.2. The fourth-order valence-corrected chi connectivity index (χ4v) is 3.45. The normalized spacial score (nSPS) is 19.2. The van der Waals surface area contributed by atoms with Crippen molar-refractivity contribution < 1.29 is 13.5 Å². The lowest BCUT2D eigenvalue weighted by molar-refractivity contribution is -0.0668. The van der Waals surface area contributed by atoms with Crippen LogP contribution in [-0.2, 0) is 4.74 Å². The molecule has 1 aromatic carbocycles. The van der Waals surface area contributed by atoms with Crippen LogP contribution in [0.25, 0.3) is 11.0 Å². The summed E-state index contributed by atoms with van der Waals surface area (Å²) in [5, 5.41) is 0.745. The second kappa shape index (κ2) is 5.75. The Morgan fingerprint density at radius 3 is 2.81 bits per heavy atom. The van der Waals surface area contributed by atoms with Gasteiger partial charge in [0, 0.05) is 12.0 Å². The SMILES string of the molecule is CCOC1(C(NN)c2cc3cc(F)ccc3o2)CCCC1. The van der Waals surface area contributed by atoms with E-state index in [1.807, 2.05) is 13.0 Å². The average molecular weight is 292 g/mol. The molecule has 0 radical (unpaired) electrons. The molecule has 4 nitrogen and oxygen atoms in total. The van der Waals surface area contributed by atoms with Crippen molar-refractivity contribution in [3.63, 3.8) is 0 Å². The van der Waals surface area contributed by atoms with Crippen molar-refractivity contribution in [1.29, 1.82) is 0 Å². The summed E-state index contributed by atoms with van der Waals surface area (Å²) in [7, 11) is 0. The molecule has 1 atom stereocenters. The fourth-order valence-electron chi connectivity index (χ4n) is 3.45. The number of nitrogens with two attached hydrogens (primary N) is 1. The quantitative estimate of drug-likeness (QED) is 0.655. The second-order valence-electron chi connectivity index (χ2n) is 5.64. The largest absolute Gasteiger partial charge is 0.459 e. The number of hydrazine groups is 1. The number of fused-ring (bicyclic) bond motifs is 1. The molecular formula is C16H21FN2O2. The van der Waals surface area contributed by atoms with Gasteiger partial charge in [0.25, 0.3) is 0 Å². The zero-order valence-corrected chi connectivity index (χ0v) is 12.2. The van der Waals surface area contributed by atoms with Crippen LogP contribution < -0.4 is 11.3 Å². The third-order valence-electron chi connectivity index (χ3n) is 4.36. The summed E-state index contributed by atoms with van der Waals surface area (Å²) in [6.07, 6.45) is 4.13.